The predicted molar refractivity (Wildman–Crippen MR) is 102 cm³/mol. The first-order valence-corrected chi connectivity index (χ1v) is 9.13. The average Bonchev–Trinajstić information content (AvgIpc) is 2.99. The largest absolute Gasteiger partial charge is 0.363 e. The zero-order chi connectivity index (χ0) is 18.8. The van der Waals surface area contributed by atoms with Gasteiger partial charge in [0.15, 0.2) is 0 Å². The molecular weight excluding hydrogens is 342 g/mol. The maximum absolute atomic E-state index is 12.9. The zero-order valence-electron chi connectivity index (χ0n) is 15.2. The highest BCUT2D eigenvalue weighted by Gasteiger charge is 2.41. The van der Waals surface area contributed by atoms with Crippen molar-refractivity contribution in [3.8, 4) is 0 Å². The molecule has 0 atom stereocenters. The molecule has 2 aliphatic rings. The molecule has 0 saturated carbocycles. The molecule has 2 aliphatic heterocycles. The monoisotopic (exact) mass is 363 g/mol. The SMILES string of the molecule is CCN1C(=O)C(c2ccccc2)=C(N2CCN(c3ncccn3)CC2)C1=O. The number of likely N-dealkylation sites (N-methyl/N-ethyl adjacent to an activating group) is 1. The standard InChI is InChI=1S/C20H21N5O2/c1-2-25-18(26)16(15-7-4-3-5-8-15)17(19(25)27)23-11-13-24(14-12-23)20-21-9-6-10-22-20/h3-10H,2,11-14H2,1H3. The molecule has 7 nitrogen and oxygen atoms in total. The van der Waals surface area contributed by atoms with E-state index in [1.54, 1.807) is 18.5 Å². The Hall–Kier alpha value is -3.22. The van der Waals surface area contributed by atoms with Crippen molar-refractivity contribution < 1.29 is 9.59 Å². The molecule has 1 aromatic carbocycles. The van der Waals surface area contributed by atoms with Gasteiger partial charge in [-0.15, -0.1) is 0 Å². The predicted octanol–water partition coefficient (Wildman–Crippen LogP) is 1.40. The Bertz CT molecular complexity index is 874. The zero-order valence-corrected chi connectivity index (χ0v) is 15.2. The Kier molecular flexibility index (Phi) is 4.58. The normalized spacial score (nSPS) is 17.9. The third kappa shape index (κ3) is 3.05. The van der Waals surface area contributed by atoms with E-state index in [1.807, 2.05) is 42.2 Å². The van der Waals surface area contributed by atoms with Gasteiger partial charge in [-0.3, -0.25) is 14.5 Å². The first-order valence-electron chi connectivity index (χ1n) is 9.13. The van der Waals surface area contributed by atoms with Crippen LogP contribution >= 0.6 is 0 Å². The Morgan fingerprint density at radius 3 is 2.11 bits per heavy atom. The van der Waals surface area contributed by atoms with Crippen molar-refractivity contribution in [3.63, 3.8) is 0 Å². The van der Waals surface area contributed by atoms with Crippen molar-refractivity contribution in [1.29, 1.82) is 0 Å². The minimum absolute atomic E-state index is 0.203. The first kappa shape index (κ1) is 17.2. The number of benzene rings is 1. The molecule has 2 aromatic rings. The smallest absolute Gasteiger partial charge is 0.277 e. The van der Waals surface area contributed by atoms with E-state index in [0.29, 0.717) is 49.9 Å². The Balaban J connectivity index is 1.63. The summed E-state index contributed by atoms with van der Waals surface area (Å²) in [6.07, 6.45) is 3.45. The van der Waals surface area contributed by atoms with Gasteiger partial charge in [0.25, 0.3) is 11.8 Å². The molecule has 0 bridgehead atoms. The number of nitrogens with zero attached hydrogens (tertiary/aromatic N) is 5. The van der Waals surface area contributed by atoms with Crippen LogP contribution in [0.2, 0.25) is 0 Å². The lowest BCUT2D eigenvalue weighted by molar-refractivity contribution is -0.137. The summed E-state index contributed by atoms with van der Waals surface area (Å²) >= 11 is 0. The van der Waals surface area contributed by atoms with Crippen molar-refractivity contribution in [3.05, 3.63) is 60.1 Å². The number of carbonyl (C=O) groups is 2. The molecule has 1 fully saturated rings. The van der Waals surface area contributed by atoms with Crippen LogP contribution in [0.1, 0.15) is 12.5 Å². The van der Waals surface area contributed by atoms with Crippen LogP contribution in [0.4, 0.5) is 5.95 Å². The number of rotatable bonds is 4. The minimum atomic E-state index is -0.211. The molecule has 3 heterocycles. The second-order valence-electron chi connectivity index (χ2n) is 6.47. The fraction of sp³-hybridized carbons (Fsp3) is 0.300. The van der Waals surface area contributed by atoms with Gasteiger partial charge in [-0.05, 0) is 18.6 Å². The number of anilines is 1. The van der Waals surface area contributed by atoms with E-state index in [4.69, 9.17) is 0 Å². The number of amides is 2. The number of hydrogen-bond donors (Lipinski definition) is 0. The van der Waals surface area contributed by atoms with E-state index >= 15 is 0 Å². The second kappa shape index (κ2) is 7.19. The summed E-state index contributed by atoms with van der Waals surface area (Å²) in [5.74, 6) is 0.279. The van der Waals surface area contributed by atoms with Gasteiger partial charge in [0.2, 0.25) is 5.95 Å². The Morgan fingerprint density at radius 1 is 0.852 bits per heavy atom. The number of aromatic nitrogens is 2. The summed E-state index contributed by atoms with van der Waals surface area (Å²) in [6.45, 7) is 4.87. The molecule has 138 valence electrons. The van der Waals surface area contributed by atoms with E-state index < -0.39 is 0 Å². The molecule has 0 unspecified atom stereocenters. The second-order valence-corrected chi connectivity index (χ2v) is 6.47. The maximum atomic E-state index is 12.9. The van der Waals surface area contributed by atoms with Gasteiger partial charge in [-0.25, -0.2) is 9.97 Å². The topological polar surface area (TPSA) is 69.6 Å². The van der Waals surface area contributed by atoms with Crippen molar-refractivity contribution in [2.75, 3.05) is 37.6 Å². The maximum Gasteiger partial charge on any atom is 0.277 e. The molecule has 0 radical (unpaired) electrons. The first-order chi connectivity index (χ1) is 13.2. The van der Waals surface area contributed by atoms with Crippen LogP contribution in [-0.4, -0.2) is 64.3 Å². The Labute approximate surface area is 157 Å². The van der Waals surface area contributed by atoms with Crippen molar-refractivity contribution in [2.24, 2.45) is 0 Å². The van der Waals surface area contributed by atoms with Gasteiger partial charge >= 0.3 is 0 Å². The van der Waals surface area contributed by atoms with Crippen LogP contribution in [0.5, 0.6) is 0 Å². The van der Waals surface area contributed by atoms with E-state index in [2.05, 4.69) is 14.9 Å². The van der Waals surface area contributed by atoms with Crippen LogP contribution in [0.15, 0.2) is 54.5 Å². The fourth-order valence-electron chi connectivity index (χ4n) is 3.59. The molecule has 7 heteroatoms. The van der Waals surface area contributed by atoms with E-state index in [9.17, 15) is 9.59 Å². The van der Waals surface area contributed by atoms with Gasteiger partial charge in [-0.1, -0.05) is 30.3 Å². The van der Waals surface area contributed by atoms with Crippen LogP contribution in [-0.2, 0) is 9.59 Å². The molecule has 27 heavy (non-hydrogen) atoms. The molecule has 0 spiro atoms. The summed E-state index contributed by atoms with van der Waals surface area (Å²) in [5.41, 5.74) is 1.81. The fourth-order valence-corrected chi connectivity index (χ4v) is 3.59. The molecule has 0 aliphatic carbocycles. The van der Waals surface area contributed by atoms with Gasteiger partial charge in [0, 0.05) is 45.1 Å². The number of hydrogen-bond acceptors (Lipinski definition) is 6. The molecule has 0 N–H and O–H groups in total. The van der Waals surface area contributed by atoms with Gasteiger partial charge in [-0.2, -0.15) is 0 Å². The highest BCUT2D eigenvalue weighted by molar-refractivity contribution is 6.35. The third-order valence-electron chi connectivity index (χ3n) is 4.95. The lowest BCUT2D eigenvalue weighted by atomic mass is 10.0. The molecule has 1 saturated heterocycles. The van der Waals surface area contributed by atoms with Crippen molar-refractivity contribution in [1.82, 2.24) is 19.8 Å². The van der Waals surface area contributed by atoms with Crippen LogP contribution in [0.25, 0.3) is 5.57 Å². The van der Waals surface area contributed by atoms with E-state index in [-0.39, 0.29) is 11.8 Å². The lowest BCUT2D eigenvalue weighted by Gasteiger charge is -2.36. The van der Waals surface area contributed by atoms with E-state index in [1.165, 1.54) is 4.90 Å². The highest BCUT2D eigenvalue weighted by atomic mass is 16.2. The molecule has 2 amide bonds. The van der Waals surface area contributed by atoms with Crippen LogP contribution in [0, 0.1) is 0 Å². The summed E-state index contributed by atoms with van der Waals surface area (Å²) in [5, 5.41) is 0. The molecular formula is C20H21N5O2. The number of carbonyl (C=O) groups excluding carboxylic acids is 2. The van der Waals surface area contributed by atoms with Gasteiger partial charge in [0.1, 0.15) is 5.70 Å². The average molecular weight is 363 g/mol. The third-order valence-corrected chi connectivity index (χ3v) is 4.95. The van der Waals surface area contributed by atoms with Crippen LogP contribution < -0.4 is 4.90 Å². The molecule has 4 rings (SSSR count). The van der Waals surface area contributed by atoms with Crippen LogP contribution in [0.3, 0.4) is 0 Å². The minimum Gasteiger partial charge on any atom is -0.363 e. The summed E-state index contributed by atoms with van der Waals surface area (Å²) < 4.78 is 0. The Morgan fingerprint density at radius 2 is 1.48 bits per heavy atom. The summed E-state index contributed by atoms with van der Waals surface area (Å²) in [6, 6.07) is 11.2. The van der Waals surface area contributed by atoms with Crippen molar-refractivity contribution in [2.45, 2.75) is 6.92 Å². The van der Waals surface area contributed by atoms with Gasteiger partial charge in [0.05, 0.1) is 5.57 Å². The quantitative estimate of drug-likeness (QED) is 0.765. The molecule has 1 aromatic heterocycles. The number of imide groups is 1. The number of piperazine rings is 1. The van der Waals surface area contributed by atoms with E-state index in [0.717, 1.165) is 5.56 Å². The summed E-state index contributed by atoms with van der Waals surface area (Å²) in [4.78, 5) is 39.9. The van der Waals surface area contributed by atoms with Gasteiger partial charge < -0.3 is 9.80 Å². The lowest BCUT2D eigenvalue weighted by Crippen LogP contribution is -2.48. The highest BCUT2D eigenvalue weighted by Crippen LogP contribution is 2.32. The summed E-state index contributed by atoms with van der Waals surface area (Å²) in [7, 11) is 0. The van der Waals surface area contributed by atoms with Crippen molar-refractivity contribution >= 4 is 23.3 Å².